The number of carbonyl (C=O) groups excluding carboxylic acids is 1. The van der Waals surface area contributed by atoms with E-state index in [1.54, 1.807) is 4.90 Å². The van der Waals surface area contributed by atoms with Crippen molar-refractivity contribution < 1.29 is 14.7 Å². The molecule has 2 fully saturated rings. The highest BCUT2D eigenvalue weighted by Crippen LogP contribution is 2.36. The SMILES string of the molecule is CN(CCC1CCCCC1)C(=O)C1CCC1C(=O)O. The van der Waals surface area contributed by atoms with E-state index >= 15 is 0 Å². The van der Waals surface area contributed by atoms with E-state index in [2.05, 4.69) is 0 Å². The summed E-state index contributed by atoms with van der Waals surface area (Å²) in [4.78, 5) is 24.9. The van der Waals surface area contributed by atoms with Gasteiger partial charge in [-0.25, -0.2) is 0 Å². The number of carboxylic acid groups (broad SMARTS) is 1. The zero-order chi connectivity index (χ0) is 13.8. The monoisotopic (exact) mass is 267 g/mol. The molecular formula is C15H25NO3. The highest BCUT2D eigenvalue weighted by molar-refractivity contribution is 5.86. The van der Waals surface area contributed by atoms with Crippen LogP contribution in [-0.4, -0.2) is 35.5 Å². The standard InChI is InChI=1S/C15H25NO3/c1-16(10-9-11-5-3-2-4-6-11)14(17)12-7-8-13(12)15(18)19/h11-13H,2-10H2,1H3,(H,18,19). The van der Waals surface area contributed by atoms with Crippen LogP contribution in [0.1, 0.15) is 51.4 Å². The van der Waals surface area contributed by atoms with E-state index in [0.29, 0.717) is 6.42 Å². The van der Waals surface area contributed by atoms with Gasteiger partial charge in [0.15, 0.2) is 0 Å². The second-order valence-corrected chi connectivity index (χ2v) is 6.18. The zero-order valence-electron chi connectivity index (χ0n) is 11.8. The maximum atomic E-state index is 12.2. The van der Waals surface area contributed by atoms with E-state index in [-0.39, 0.29) is 11.8 Å². The first-order chi connectivity index (χ1) is 9.09. The number of carboxylic acids is 1. The molecular weight excluding hydrogens is 242 g/mol. The fourth-order valence-corrected chi connectivity index (χ4v) is 3.34. The Morgan fingerprint density at radius 2 is 1.68 bits per heavy atom. The van der Waals surface area contributed by atoms with Crippen LogP contribution in [0.4, 0.5) is 0 Å². The van der Waals surface area contributed by atoms with Gasteiger partial charge in [-0.3, -0.25) is 9.59 Å². The molecule has 4 nitrogen and oxygen atoms in total. The summed E-state index contributed by atoms with van der Waals surface area (Å²) in [7, 11) is 1.82. The topological polar surface area (TPSA) is 57.6 Å². The Bertz CT molecular complexity index is 336. The van der Waals surface area contributed by atoms with Crippen LogP contribution in [0, 0.1) is 17.8 Å². The third-order valence-electron chi connectivity index (χ3n) is 4.88. The van der Waals surface area contributed by atoms with Crippen LogP contribution in [0.15, 0.2) is 0 Å². The number of hydrogen-bond donors (Lipinski definition) is 1. The van der Waals surface area contributed by atoms with Gasteiger partial charge in [-0.15, -0.1) is 0 Å². The van der Waals surface area contributed by atoms with Crippen molar-refractivity contribution in [2.24, 2.45) is 17.8 Å². The van der Waals surface area contributed by atoms with Gasteiger partial charge in [0.2, 0.25) is 5.91 Å². The third kappa shape index (κ3) is 3.48. The molecule has 108 valence electrons. The van der Waals surface area contributed by atoms with E-state index < -0.39 is 11.9 Å². The maximum Gasteiger partial charge on any atom is 0.307 e. The number of nitrogens with zero attached hydrogens (tertiary/aromatic N) is 1. The van der Waals surface area contributed by atoms with Gasteiger partial charge in [0, 0.05) is 13.6 Å². The van der Waals surface area contributed by atoms with Gasteiger partial charge in [-0.1, -0.05) is 32.1 Å². The minimum atomic E-state index is -0.815. The quantitative estimate of drug-likeness (QED) is 0.832. The van der Waals surface area contributed by atoms with Gasteiger partial charge in [0.05, 0.1) is 11.8 Å². The maximum absolute atomic E-state index is 12.2. The number of hydrogen-bond acceptors (Lipinski definition) is 2. The summed E-state index contributed by atoms with van der Waals surface area (Å²) in [6.07, 6.45) is 9.07. The fourth-order valence-electron chi connectivity index (χ4n) is 3.34. The molecule has 4 heteroatoms. The van der Waals surface area contributed by atoms with Crippen molar-refractivity contribution in [2.75, 3.05) is 13.6 Å². The normalized spacial score (nSPS) is 27.6. The minimum absolute atomic E-state index is 0.0365. The van der Waals surface area contributed by atoms with Crippen LogP contribution in [0.5, 0.6) is 0 Å². The van der Waals surface area contributed by atoms with Gasteiger partial charge >= 0.3 is 5.97 Å². The van der Waals surface area contributed by atoms with E-state index in [9.17, 15) is 9.59 Å². The van der Waals surface area contributed by atoms with Gasteiger partial charge < -0.3 is 10.0 Å². The molecule has 2 aliphatic rings. The molecule has 1 N–H and O–H groups in total. The van der Waals surface area contributed by atoms with Crippen molar-refractivity contribution in [1.82, 2.24) is 4.90 Å². The molecule has 0 heterocycles. The Kier molecular flexibility index (Phi) is 4.83. The van der Waals surface area contributed by atoms with E-state index in [4.69, 9.17) is 5.11 Å². The van der Waals surface area contributed by atoms with Crippen molar-refractivity contribution in [2.45, 2.75) is 51.4 Å². The molecule has 0 bridgehead atoms. The van der Waals surface area contributed by atoms with Gasteiger partial charge in [-0.2, -0.15) is 0 Å². The van der Waals surface area contributed by atoms with Crippen molar-refractivity contribution in [3.05, 3.63) is 0 Å². The molecule has 2 aliphatic carbocycles. The van der Waals surface area contributed by atoms with Crippen molar-refractivity contribution >= 4 is 11.9 Å². The van der Waals surface area contributed by atoms with Crippen molar-refractivity contribution in [1.29, 1.82) is 0 Å². The summed E-state index contributed by atoms with van der Waals surface area (Å²) in [6.45, 7) is 0.784. The lowest BCUT2D eigenvalue weighted by Crippen LogP contribution is -2.45. The molecule has 0 aliphatic heterocycles. The summed E-state index contributed by atoms with van der Waals surface area (Å²) >= 11 is 0. The minimum Gasteiger partial charge on any atom is -0.481 e. The van der Waals surface area contributed by atoms with Crippen LogP contribution in [-0.2, 0) is 9.59 Å². The lowest BCUT2D eigenvalue weighted by atomic mass is 9.73. The number of carbonyl (C=O) groups is 2. The summed E-state index contributed by atoms with van der Waals surface area (Å²) in [5.41, 5.74) is 0. The smallest absolute Gasteiger partial charge is 0.307 e. The van der Waals surface area contributed by atoms with E-state index in [0.717, 1.165) is 25.3 Å². The zero-order valence-corrected chi connectivity index (χ0v) is 11.8. The molecule has 0 spiro atoms. The average Bonchev–Trinajstić information content (AvgIpc) is 2.35. The fraction of sp³-hybridized carbons (Fsp3) is 0.867. The van der Waals surface area contributed by atoms with Crippen molar-refractivity contribution in [3.8, 4) is 0 Å². The molecule has 19 heavy (non-hydrogen) atoms. The van der Waals surface area contributed by atoms with Crippen LogP contribution < -0.4 is 0 Å². The van der Waals surface area contributed by atoms with Crippen LogP contribution in [0.3, 0.4) is 0 Å². The third-order valence-corrected chi connectivity index (χ3v) is 4.88. The van der Waals surface area contributed by atoms with Gasteiger partial charge in [0.1, 0.15) is 0 Å². The molecule has 0 radical (unpaired) electrons. The highest BCUT2D eigenvalue weighted by Gasteiger charge is 2.42. The molecule has 2 unspecified atom stereocenters. The number of rotatable bonds is 5. The summed E-state index contributed by atoms with van der Waals surface area (Å²) in [6, 6.07) is 0. The molecule has 1 amide bonds. The molecule has 0 saturated heterocycles. The molecule has 2 atom stereocenters. The lowest BCUT2D eigenvalue weighted by molar-refractivity contribution is -0.156. The Hall–Kier alpha value is -1.06. The first-order valence-electron chi connectivity index (χ1n) is 7.57. The summed E-state index contributed by atoms with van der Waals surface area (Å²) < 4.78 is 0. The van der Waals surface area contributed by atoms with Crippen LogP contribution >= 0.6 is 0 Å². The second kappa shape index (κ2) is 6.40. The number of aliphatic carboxylic acids is 1. The molecule has 0 aromatic rings. The van der Waals surface area contributed by atoms with Crippen molar-refractivity contribution in [3.63, 3.8) is 0 Å². The van der Waals surface area contributed by atoms with Crippen LogP contribution in [0.25, 0.3) is 0 Å². The largest absolute Gasteiger partial charge is 0.481 e. The molecule has 2 saturated carbocycles. The van der Waals surface area contributed by atoms with Gasteiger partial charge in [0.25, 0.3) is 0 Å². The predicted octanol–water partition coefficient (Wildman–Crippen LogP) is 2.53. The first-order valence-corrected chi connectivity index (χ1v) is 7.57. The highest BCUT2D eigenvalue weighted by atomic mass is 16.4. The Morgan fingerprint density at radius 3 is 2.21 bits per heavy atom. The molecule has 2 rings (SSSR count). The predicted molar refractivity (Wildman–Crippen MR) is 72.7 cm³/mol. The number of amides is 1. The second-order valence-electron chi connectivity index (χ2n) is 6.18. The van der Waals surface area contributed by atoms with E-state index in [1.165, 1.54) is 32.1 Å². The first kappa shape index (κ1) is 14.4. The Balaban J connectivity index is 1.74. The molecule has 0 aromatic heterocycles. The summed E-state index contributed by atoms with van der Waals surface area (Å²) in [5, 5.41) is 9.00. The summed E-state index contributed by atoms with van der Waals surface area (Å²) in [5.74, 6) is -0.723. The molecule has 0 aromatic carbocycles. The lowest BCUT2D eigenvalue weighted by Gasteiger charge is -2.35. The average molecular weight is 267 g/mol. The van der Waals surface area contributed by atoms with E-state index in [1.807, 2.05) is 7.05 Å². The van der Waals surface area contributed by atoms with Gasteiger partial charge in [-0.05, 0) is 25.2 Å². The van der Waals surface area contributed by atoms with Crippen LogP contribution in [0.2, 0.25) is 0 Å². The Labute approximate surface area is 115 Å². The Morgan fingerprint density at radius 1 is 1.05 bits per heavy atom.